The summed E-state index contributed by atoms with van der Waals surface area (Å²) in [6.07, 6.45) is 0. The van der Waals surface area contributed by atoms with Gasteiger partial charge in [-0.05, 0) is 13.8 Å². The molecule has 2 unspecified atom stereocenters. The lowest BCUT2D eigenvalue weighted by atomic mass is 10.0. The molecule has 2 N–H and O–H groups in total. The van der Waals surface area contributed by atoms with Crippen molar-refractivity contribution in [3.63, 3.8) is 0 Å². The molecule has 4 heteroatoms. The van der Waals surface area contributed by atoms with Crippen molar-refractivity contribution < 1.29 is 0 Å². The van der Waals surface area contributed by atoms with E-state index in [-0.39, 0.29) is 0 Å². The molecule has 2 heterocycles. The smallest absolute Gasteiger partial charge is 0.170 e. The molecule has 0 bridgehead atoms. The van der Waals surface area contributed by atoms with Gasteiger partial charge in [-0.3, -0.25) is 0 Å². The van der Waals surface area contributed by atoms with E-state index in [9.17, 15) is 0 Å². The van der Waals surface area contributed by atoms with Gasteiger partial charge >= 0.3 is 0 Å². The van der Waals surface area contributed by atoms with Crippen molar-refractivity contribution in [1.82, 2.24) is 9.97 Å². The van der Waals surface area contributed by atoms with Crippen LogP contribution in [0.2, 0.25) is 0 Å². The highest BCUT2D eigenvalue weighted by molar-refractivity contribution is 5.82. The summed E-state index contributed by atoms with van der Waals surface area (Å²) in [6.45, 7) is 4.30. The zero-order valence-corrected chi connectivity index (χ0v) is 13.8. The molecular weight excluding hydrogens is 296 g/mol. The molecule has 0 radical (unpaired) electrons. The normalized spacial score (nSPS) is 19.1. The van der Waals surface area contributed by atoms with Crippen LogP contribution in [0.15, 0.2) is 60.7 Å². The van der Waals surface area contributed by atoms with Crippen molar-refractivity contribution in [1.29, 1.82) is 0 Å². The second-order valence-electron chi connectivity index (χ2n) is 6.22. The van der Waals surface area contributed by atoms with E-state index in [0.717, 1.165) is 34.2 Å². The molecule has 0 aliphatic carbocycles. The molecule has 0 saturated carbocycles. The Kier molecular flexibility index (Phi) is 3.65. The van der Waals surface area contributed by atoms with Crippen LogP contribution in [0, 0.1) is 0 Å². The Bertz CT molecular complexity index is 774. The lowest BCUT2D eigenvalue weighted by molar-refractivity contribution is 0.654. The van der Waals surface area contributed by atoms with Gasteiger partial charge in [0.25, 0.3) is 0 Å². The Labute approximate surface area is 142 Å². The highest BCUT2D eigenvalue weighted by atomic mass is 15.2. The maximum Gasteiger partial charge on any atom is 0.170 e. The molecule has 3 aromatic rings. The van der Waals surface area contributed by atoms with E-state index in [1.807, 2.05) is 36.4 Å². The zero-order valence-electron chi connectivity index (χ0n) is 13.8. The molecule has 1 aliphatic heterocycles. The van der Waals surface area contributed by atoms with Gasteiger partial charge < -0.3 is 10.6 Å². The number of nitrogens with one attached hydrogen (secondary N) is 2. The molecule has 1 aliphatic rings. The van der Waals surface area contributed by atoms with Gasteiger partial charge in [-0.15, -0.1) is 0 Å². The molecule has 4 rings (SSSR count). The third-order valence-electron chi connectivity index (χ3n) is 4.47. The fourth-order valence-corrected chi connectivity index (χ4v) is 2.91. The van der Waals surface area contributed by atoms with Crippen LogP contribution in [0.1, 0.15) is 13.8 Å². The fourth-order valence-electron chi connectivity index (χ4n) is 2.91. The molecular formula is C20H20N4. The second kappa shape index (κ2) is 5.96. The van der Waals surface area contributed by atoms with Crippen molar-refractivity contribution in [3.05, 3.63) is 60.7 Å². The average Bonchev–Trinajstić information content (AvgIpc) is 2.63. The Balaban J connectivity index is 1.92. The van der Waals surface area contributed by atoms with Crippen molar-refractivity contribution in [2.75, 3.05) is 10.6 Å². The Morgan fingerprint density at radius 1 is 0.625 bits per heavy atom. The topological polar surface area (TPSA) is 49.8 Å². The third-order valence-corrected chi connectivity index (χ3v) is 4.47. The molecule has 0 amide bonds. The summed E-state index contributed by atoms with van der Waals surface area (Å²) in [6, 6.07) is 21.1. The minimum Gasteiger partial charge on any atom is -0.362 e. The van der Waals surface area contributed by atoms with Crippen LogP contribution in [-0.4, -0.2) is 22.1 Å². The SMILES string of the molecule is CC1Nc2nc(-c3ccccc3)c(-c3ccccc3)nc2NC1C. The maximum absolute atomic E-state index is 4.91. The quantitative estimate of drug-likeness (QED) is 0.734. The van der Waals surface area contributed by atoms with Crippen LogP contribution < -0.4 is 10.6 Å². The Morgan fingerprint density at radius 2 is 1.00 bits per heavy atom. The largest absolute Gasteiger partial charge is 0.362 e. The van der Waals surface area contributed by atoms with Crippen LogP contribution in [0.5, 0.6) is 0 Å². The summed E-state index contributed by atoms with van der Waals surface area (Å²) in [4.78, 5) is 9.82. The Morgan fingerprint density at radius 3 is 1.38 bits per heavy atom. The van der Waals surface area contributed by atoms with E-state index >= 15 is 0 Å². The first-order valence-corrected chi connectivity index (χ1v) is 8.28. The molecule has 0 saturated heterocycles. The van der Waals surface area contributed by atoms with Crippen LogP contribution in [0.3, 0.4) is 0 Å². The highest BCUT2D eigenvalue weighted by Gasteiger charge is 2.25. The summed E-state index contributed by atoms with van der Waals surface area (Å²) in [5, 5.41) is 6.92. The van der Waals surface area contributed by atoms with Gasteiger partial charge in [-0.2, -0.15) is 0 Å². The number of rotatable bonds is 2. The number of aromatic nitrogens is 2. The fraction of sp³-hybridized carbons (Fsp3) is 0.200. The number of fused-ring (bicyclic) bond motifs is 1. The minimum atomic E-state index is 0.304. The predicted octanol–water partition coefficient (Wildman–Crippen LogP) is 4.43. The number of hydrogen-bond acceptors (Lipinski definition) is 4. The predicted molar refractivity (Wildman–Crippen MR) is 99.1 cm³/mol. The Hall–Kier alpha value is -2.88. The standard InChI is InChI=1S/C20H20N4/c1-13-14(2)22-20-19(21-13)23-17(15-9-5-3-6-10-15)18(24-20)16-11-7-4-8-12-16/h3-14H,1-2H3,(H,21,23)(H,22,24). The van der Waals surface area contributed by atoms with Gasteiger partial charge in [0.05, 0.1) is 11.4 Å². The number of hydrogen-bond donors (Lipinski definition) is 2. The van der Waals surface area contributed by atoms with E-state index < -0.39 is 0 Å². The highest BCUT2D eigenvalue weighted by Crippen LogP contribution is 2.35. The van der Waals surface area contributed by atoms with E-state index in [2.05, 4.69) is 48.7 Å². The van der Waals surface area contributed by atoms with E-state index in [1.165, 1.54) is 0 Å². The zero-order chi connectivity index (χ0) is 16.5. The minimum absolute atomic E-state index is 0.304. The van der Waals surface area contributed by atoms with Gasteiger partial charge in [0.2, 0.25) is 0 Å². The van der Waals surface area contributed by atoms with E-state index in [0.29, 0.717) is 12.1 Å². The monoisotopic (exact) mass is 316 g/mol. The van der Waals surface area contributed by atoms with Crippen LogP contribution in [0.25, 0.3) is 22.5 Å². The number of nitrogens with zero attached hydrogens (tertiary/aromatic N) is 2. The van der Waals surface area contributed by atoms with Gasteiger partial charge in [0.1, 0.15) is 0 Å². The van der Waals surface area contributed by atoms with Gasteiger partial charge in [0, 0.05) is 23.2 Å². The molecule has 1 aromatic heterocycles. The first-order valence-electron chi connectivity index (χ1n) is 8.28. The first-order chi connectivity index (χ1) is 11.7. The van der Waals surface area contributed by atoms with Crippen molar-refractivity contribution in [2.24, 2.45) is 0 Å². The molecule has 4 nitrogen and oxygen atoms in total. The second-order valence-corrected chi connectivity index (χ2v) is 6.22. The first kappa shape index (κ1) is 14.7. The van der Waals surface area contributed by atoms with Crippen LogP contribution in [-0.2, 0) is 0 Å². The van der Waals surface area contributed by atoms with Crippen molar-refractivity contribution >= 4 is 11.6 Å². The van der Waals surface area contributed by atoms with Gasteiger partial charge in [-0.1, -0.05) is 60.7 Å². The summed E-state index contributed by atoms with van der Waals surface area (Å²) in [5.74, 6) is 1.64. The van der Waals surface area contributed by atoms with Crippen LogP contribution >= 0.6 is 0 Å². The maximum atomic E-state index is 4.91. The van der Waals surface area contributed by atoms with Gasteiger partial charge in [0.15, 0.2) is 11.6 Å². The molecule has 0 spiro atoms. The molecule has 2 atom stereocenters. The summed E-state index contributed by atoms with van der Waals surface area (Å²) in [7, 11) is 0. The summed E-state index contributed by atoms with van der Waals surface area (Å²) < 4.78 is 0. The third kappa shape index (κ3) is 2.60. The van der Waals surface area contributed by atoms with Crippen molar-refractivity contribution in [2.45, 2.75) is 25.9 Å². The number of benzene rings is 2. The molecule has 0 fully saturated rings. The molecule has 120 valence electrons. The molecule has 2 aromatic carbocycles. The van der Waals surface area contributed by atoms with E-state index in [4.69, 9.17) is 9.97 Å². The summed E-state index contributed by atoms with van der Waals surface area (Å²) >= 11 is 0. The van der Waals surface area contributed by atoms with Gasteiger partial charge in [-0.25, -0.2) is 9.97 Å². The lowest BCUT2D eigenvalue weighted by Crippen LogP contribution is -2.39. The number of anilines is 2. The van der Waals surface area contributed by atoms with Crippen molar-refractivity contribution in [3.8, 4) is 22.5 Å². The lowest BCUT2D eigenvalue weighted by Gasteiger charge is -2.31. The van der Waals surface area contributed by atoms with Crippen LogP contribution in [0.4, 0.5) is 11.6 Å². The molecule has 24 heavy (non-hydrogen) atoms. The average molecular weight is 316 g/mol. The van der Waals surface area contributed by atoms with E-state index in [1.54, 1.807) is 0 Å². The summed E-state index contributed by atoms with van der Waals surface area (Å²) in [5.41, 5.74) is 3.94.